The number of hydrogen-bond acceptors (Lipinski definition) is 2. The van der Waals surface area contributed by atoms with Crippen molar-refractivity contribution in [1.29, 1.82) is 0 Å². The molecular weight excluding hydrogens is 212 g/mol. The lowest BCUT2D eigenvalue weighted by Gasteiger charge is -2.37. The van der Waals surface area contributed by atoms with Crippen LogP contribution in [0.1, 0.15) is 32.6 Å². The molecule has 1 fully saturated rings. The van der Waals surface area contributed by atoms with Crippen LogP contribution in [0.2, 0.25) is 0 Å². The van der Waals surface area contributed by atoms with E-state index in [0.717, 1.165) is 32.0 Å². The molecule has 4 unspecified atom stereocenters. The van der Waals surface area contributed by atoms with E-state index in [1.54, 1.807) is 0 Å². The molecule has 0 radical (unpaired) electrons. The first kappa shape index (κ1) is 11.2. The summed E-state index contributed by atoms with van der Waals surface area (Å²) in [6.45, 7) is 2.21. The number of carbonyl (C=O) groups excluding carboxylic acids is 1. The third-order valence-corrected chi connectivity index (χ3v) is 4.77. The molecule has 0 N–H and O–H groups in total. The van der Waals surface area contributed by atoms with Crippen LogP contribution in [0.3, 0.4) is 0 Å². The molecule has 0 aromatic heterocycles. The van der Waals surface area contributed by atoms with Crippen molar-refractivity contribution in [3.63, 3.8) is 0 Å². The lowest BCUT2D eigenvalue weighted by Crippen LogP contribution is -2.44. The van der Waals surface area contributed by atoms with Gasteiger partial charge in [-0.05, 0) is 31.1 Å². The molecule has 2 aliphatic carbocycles. The lowest BCUT2D eigenvalue weighted by atomic mass is 9.65. The molecule has 0 aromatic carbocycles. The number of carbonyl (C=O) groups is 1. The van der Waals surface area contributed by atoms with Gasteiger partial charge >= 0.3 is 0 Å². The highest BCUT2D eigenvalue weighted by atomic mass is 16.5. The highest BCUT2D eigenvalue weighted by Crippen LogP contribution is 2.52. The van der Waals surface area contributed by atoms with Gasteiger partial charge in [-0.2, -0.15) is 0 Å². The summed E-state index contributed by atoms with van der Waals surface area (Å²) in [7, 11) is 0. The van der Waals surface area contributed by atoms with Gasteiger partial charge in [-0.3, -0.25) is 0 Å². The molecule has 5 atom stereocenters. The Morgan fingerprint density at radius 2 is 2.18 bits per heavy atom. The van der Waals surface area contributed by atoms with Gasteiger partial charge in [0.05, 0.1) is 6.10 Å². The van der Waals surface area contributed by atoms with E-state index in [2.05, 4.69) is 31.2 Å². The summed E-state index contributed by atoms with van der Waals surface area (Å²) in [6, 6.07) is 0. The minimum Gasteiger partial charge on any atom is -0.363 e. The van der Waals surface area contributed by atoms with Gasteiger partial charge in [0.1, 0.15) is 5.60 Å². The fraction of sp³-hybridized carbons (Fsp3) is 0.667. The number of allylic oxidation sites excluding steroid dienone is 2. The van der Waals surface area contributed by atoms with Crippen molar-refractivity contribution in [3.05, 3.63) is 24.3 Å². The highest BCUT2D eigenvalue weighted by Gasteiger charge is 2.56. The van der Waals surface area contributed by atoms with Gasteiger partial charge in [0.15, 0.2) is 6.29 Å². The smallest absolute Gasteiger partial charge is 0.152 e. The number of fused-ring (bicyclic) bond motifs is 3. The number of aldehydes is 1. The molecule has 0 amide bonds. The Morgan fingerprint density at radius 3 is 2.94 bits per heavy atom. The van der Waals surface area contributed by atoms with Crippen LogP contribution in [0.4, 0.5) is 0 Å². The predicted molar refractivity (Wildman–Crippen MR) is 66.6 cm³/mol. The van der Waals surface area contributed by atoms with Crippen LogP contribution < -0.4 is 0 Å². The first-order chi connectivity index (χ1) is 8.30. The fourth-order valence-corrected chi connectivity index (χ4v) is 4.00. The maximum atomic E-state index is 11.6. The molecule has 3 aliphatic rings. The van der Waals surface area contributed by atoms with E-state index >= 15 is 0 Å². The van der Waals surface area contributed by atoms with Crippen LogP contribution in [0.5, 0.6) is 0 Å². The second kappa shape index (κ2) is 4.09. The molecule has 0 saturated carbocycles. The van der Waals surface area contributed by atoms with Crippen LogP contribution in [0.25, 0.3) is 0 Å². The Hall–Kier alpha value is -0.890. The van der Waals surface area contributed by atoms with Crippen molar-refractivity contribution in [1.82, 2.24) is 0 Å². The van der Waals surface area contributed by atoms with E-state index < -0.39 is 5.60 Å². The van der Waals surface area contributed by atoms with Gasteiger partial charge in [0, 0.05) is 12.3 Å². The van der Waals surface area contributed by atoms with Crippen molar-refractivity contribution >= 4 is 6.29 Å². The normalized spacial score (nSPS) is 47.6. The van der Waals surface area contributed by atoms with Crippen LogP contribution in [0.15, 0.2) is 24.3 Å². The Morgan fingerprint density at radius 1 is 1.35 bits per heavy atom. The molecule has 1 aliphatic heterocycles. The summed E-state index contributed by atoms with van der Waals surface area (Å²) in [5.41, 5.74) is -0.517. The van der Waals surface area contributed by atoms with Crippen molar-refractivity contribution in [2.24, 2.45) is 17.8 Å². The Kier molecular flexibility index (Phi) is 2.70. The molecule has 2 nitrogen and oxygen atoms in total. The summed E-state index contributed by atoms with van der Waals surface area (Å²) in [4.78, 5) is 11.6. The zero-order valence-electron chi connectivity index (χ0n) is 10.3. The second-order valence-corrected chi connectivity index (χ2v) is 5.57. The van der Waals surface area contributed by atoms with Crippen molar-refractivity contribution in [2.45, 2.75) is 44.3 Å². The molecule has 92 valence electrons. The highest BCUT2D eigenvalue weighted by molar-refractivity contribution is 5.65. The molecule has 2 heteroatoms. The van der Waals surface area contributed by atoms with Gasteiger partial charge in [0.25, 0.3) is 0 Å². The van der Waals surface area contributed by atoms with E-state index in [4.69, 9.17) is 4.74 Å². The summed E-state index contributed by atoms with van der Waals surface area (Å²) in [5, 5.41) is 0. The van der Waals surface area contributed by atoms with Gasteiger partial charge in [-0.1, -0.05) is 31.2 Å². The van der Waals surface area contributed by atoms with E-state index in [-0.39, 0.29) is 6.10 Å². The SMILES string of the molecule is CC[C@@H]1C=CCC2(C=O)OC3CC=CCC3C12. The van der Waals surface area contributed by atoms with Gasteiger partial charge in [-0.15, -0.1) is 0 Å². The van der Waals surface area contributed by atoms with Gasteiger partial charge in [0.2, 0.25) is 0 Å². The monoisotopic (exact) mass is 232 g/mol. The number of ether oxygens (including phenoxy) is 1. The zero-order chi connectivity index (χ0) is 11.9. The van der Waals surface area contributed by atoms with Crippen LogP contribution in [-0.2, 0) is 9.53 Å². The minimum atomic E-state index is -0.517. The van der Waals surface area contributed by atoms with Crippen LogP contribution >= 0.6 is 0 Å². The van der Waals surface area contributed by atoms with E-state index in [9.17, 15) is 4.79 Å². The minimum absolute atomic E-state index is 0.268. The predicted octanol–water partition coefficient (Wildman–Crippen LogP) is 2.89. The van der Waals surface area contributed by atoms with Crippen molar-refractivity contribution in [2.75, 3.05) is 0 Å². The zero-order valence-corrected chi connectivity index (χ0v) is 10.3. The molecule has 1 saturated heterocycles. The molecule has 0 bridgehead atoms. The first-order valence-corrected chi connectivity index (χ1v) is 6.76. The number of hydrogen-bond donors (Lipinski definition) is 0. The van der Waals surface area contributed by atoms with E-state index in [1.807, 2.05) is 0 Å². The quantitative estimate of drug-likeness (QED) is 0.540. The lowest BCUT2D eigenvalue weighted by molar-refractivity contribution is -0.135. The standard InChI is InChI=1S/C15H20O2/c1-2-11-6-5-9-15(10-16)14(11)12-7-3-4-8-13(12)17-15/h3-6,10-14H,2,7-9H2,1H3/t11-,12?,13?,14?,15?/m1/s1. The Bertz CT molecular complexity index is 371. The van der Waals surface area contributed by atoms with Gasteiger partial charge < -0.3 is 9.53 Å². The topological polar surface area (TPSA) is 26.3 Å². The second-order valence-electron chi connectivity index (χ2n) is 5.57. The maximum absolute atomic E-state index is 11.6. The van der Waals surface area contributed by atoms with Gasteiger partial charge in [-0.25, -0.2) is 0 Å². The average molecular weight is 232 g/mol. The molecule has 0 spiro atoms. The molecule has 0 aromatic rings. The maximum Gasteiger partial charge on any atom is 0.152 e. The van der Waals surface area contributed by atoms with Crippen LogP contribution in [-0.4, -0.2) is 18.0 Å². The fourth-order valence-electron chi connectivity index (χ4n) is 4.00. The third kappa shape index (κ3) is 1.54. The van der Waals surface area contributed by atoms with Crippen molar-refractivity contribution in [3.8, 4) is 0 Å². The van der Waals surface area contributed by atoms with E-state index in [1.165, 1.54) is 0 Å². The summed E-state index contributed by atoms with van der Waals surface area (Å²) >= 11 is 0. The number of rotatable bonds is 2. The van der Waals surface area contributed by atoms with Crippen LogP contribution in [0, 0.1) is 17.8 Å². The summed E-state index contributed by atoms with van der Waals surface area (Å²) in [5.74, 6) is 1.44. The first-order valence-electron chi connectivity index (χ1n) is 6.76. The Balaban J connectivity index is 1.98. The summed E-state index contributed by atoms with van der Waals surface area (Å²) < 4.78 is 6.17. The largest absolute Gasteiger partial charge is 0.363 e. The third-order valence-electron chi connectivity index (χ3n) is 4.77. The molecule has 17 heavy (non-hydrogen) atoms. The Labute approximate surface area is 103 Å². The molecular formula is C15H20O2. The average Bonchev–Trinajstić information content (AvgIpc) is 2.73. The van der Waals surface area contributed by atoms with E-state index in [0.29, 0.717) is 17.8 Å². The van der Waals surface area contributed by atoms with Crippen molar-refractivity contribution < 1.29 is 9.53 Å². The molecule has 3 rings (SSSR count). The summed E-state index contributed by atoms with van der Waals surface area (Å²) in [6.07, 6.45) is 14.2. The molecule has 1 heterocycles.